The number of ether oxygens (including phenoxy) is 1. The number of nitrogens with one attached hydrogen (secondary N) is 1. The van der Waals surface area contributed by atoms with Gasteiger partial charge in [-0.15, -0.1) is 11.3 Å². The maximum atomic E-state index is 12.4. The normalized spacial score (nSPS) is 10.5. The highest BCUT2D eigenvalue weighted by atomic mass is 35.5. The number of thiophene rings is 1. The van der Waals surface area contributed by atoms with Crippen LogP contribution in [0.3, 0.4) is 0 Å². The average Bonchev–Trinajstić information content (AvgIpc) is 3.05. The van der Waals surface area contributed by atoms with E-state index in [9.17, 15) is 4.79 Å². The summed E-state index contributed by atoms with van der Waals surface area (Å²) in [5.74, 6) is 0.557. The van der Waals surface area contributed by atoms with Crippen molar-refractivity contribution in [1.82, 2.24) is 0 Å². The van der Waals surface area contributed by atoms with Crippen LogP contribution < -0.4 is 10.1 Å². The molecule has 0 saturated heterocycles. The Morgan fingerprint density at radius 1 is 1.12 bits per heavy atom. The Balaban J connectivity index is 1.65. The fraction of sp³-hybridized carbons (Fsp3) is 0.105. The minimum Gasteiger partial charge on any atom is -0.489 e. The monoisotopic (exact) mass is 391 g/mol. The number of rotatable bonds is 5. The minimum absolute atomic E-state index is 0.248. The van der Waals surface area contributed by atoms with Crippen molar-refractivity contribution in [2.24, 2.45) is 0 Å². The van der Waals surface area contributed by atoms with E-state index < -0.39 is 0 Å². The maximum Gasteiger partial charge on any atom is 0.265 e. The van der Waals surface area contributed by atoms with Gasteiger partial charge < -0.3 is 10.1 Å². The van der Waals surface area contributed by atoms with Crippen molar-refractivity contribution in [2.45, 2.75) is 13.5 Å². The topological polar surface area (TPSA) is 38.3 Å². The average molecular weight is 392 g/mol. The molecular formula is C19H15Cl2NO2S. The number of hydrogen-bond donors (Lipinski definition) is 1. The van der Waals surface area contributed by atoms with E-state index in [0.717, 1.165) is 16.9 Å². The van der Waals surface area contributed by atoms with E-state index in [1.54, 1.807) is 24.3 Å². The number of anilines is 1. The van der Waals surface area contributed by atoms with E-state index in [2.05, 4.69) is 5.32 Å². The molecule has 6 heteroatoms. The summed E-state index contributed by atoms with van der Waals surface area (Å²) in [6, 6.07) is 14.7. The number of para-hydroxylation sites is 1. The molecule has 128 valence electrons. The summed E-state index contributed by atoms with van der Waals surface area (Å²) in [5, 5.41) is 5.46. The summed E-state index contributed by atoms with van der Waals surface area (Å²) in [6.07, 6.45) is 0. The smallest absolute Gasteiger partial charge is 0.265 e. The van der Waals surface area contributed by atoms with Gasteiger partial charge in [-0.3, -0.25) is 4.79 Å². The predicted molar refractivity (Wildman–Crippen MR) is 104 cm³/mol. The molecule has 0 aliphatic heterocycles. The number of aryl methyl sites for hydroxylation is 1. The Bertz CT molecular complexity index is 888. The highest BCUT2D eigenvalue weighted by Gasteiger charge is 2.13. The highest BCUT2D eigenvalue weighted by Crippen LogP contribution is 2.30. The van der Waals surface area contributed by atoms with Crippen LogP contribution >= 0.6 is 34.5 Å². The molecule has 3 nitrogen and oxygen atoms in total. The second kappa shape index (κ2) is 7.91. The molecule has 3 rings (SSSR count). The van der Waals surface area contributed by atoms with Gasteiger partial charge in [-0.2, -0.15) is 0 Å². The highest BCUT2D eigenvalue weighted by molar-refractivity contribution is 7.12. The molecule has 0 atom stereocenters. The Hall–Kier alpha value is -2.01. The molecule has 0 fully saturated rings. The summed E-state index contributed by atoms with van der Waals surface area (Å²) < 4.78 is 5.76. The number of carbonyl (C=O) groups excluding carboxylic acids is 1. The first-order chi connectivity index (χ1) is 12.0. The SMILES string of the molecule is Cc1cccc(OCc2csc(C(=O)Nc3c(Cl)cccc3Cl)c2)c1. The molecule has 3 aromatic rings. The van der Waals surface area contributed by atoms with Gasteiger partial charge in [0.2, 0.25) is 0 Å². The lowest BCUT2D eigenvalue weighted by Crippen LogP contribution is -2.11. The predicted octanol–water partition coefficient (Wildman–Crippen LogP) is 6.19. The summed E-state index contributed by atoms with van der Waals surface area (Å²) in [4.78, 5) is 13.0. The van der Waals surface area contributed by atoms with Gasteiger partial charge >= 0.3 is 0 Å². The van der Waals surface area contributed by atoms with Gasteiger partial charge in [-0.25, -0.2) is 0 Å². The first-order valence-electron chi connectivity index (χ1n) is 7.55. The quantitative estimate of drug-likeness (QED) is 0.562. The van der Waals surface area contributed by atoms with Crippen molar-refractivity contribution in [2.75, 3.05) is 5.32 Å². The number of benzene rings is 2. The molecule has 1 aromatic heterocycles. The molecule has 0 spiro atoms. The van der Waals surface area contributed by atoms with Crippen LogP contribution in [0.1, 0.15) is 20.8 Å². The molecule has 1 amide bonds. The van der Waals surface area contributed by atoms with E-state index in [1.165, 1.54) is 11.3 Å². The van der Waals surface area contributed by atoms with Gasteiger partial charge in [-0.05, 0) is 48.2 Å². The Labute approximate surface area is 160 Å². The number of hydrogen-bond acceptors (Lipinski definition) is 3. The number of halogens is 2. The van der Waals surface area contributed by atoms with Crippen LogP contribution in [-0.4, -0.2) is 5.91 Å². The number of amides is 1. The van der Waals surface area contributed by atoms with Crippen molar-refractivity contribution < 1.29 is 9.53 Å². The van der Waals surface area contributed by atoms with Crippen LogP contribution in [0.15, 0.2) is 53.9 Å². The molecule has 1 heterocycles. The Kier molecular flexibility index (Phi) is 5.63. The molecule has 0 unspecified atom stereocenters. The molecule has 0 radical (unpaired) electrons. The second-order valence-electron chi connectivity index (χ2n) is 5.48. The van der Waals surface area contributed by atoms with Crippen LogP contribution in [0, 0.1) is 6.92 Å². The van der Waals surface area contributed by atoms with E-state index in [0.29, 0.717) is 27.2 Å². The zero-order chi connectivity index (χ0) is 17.8. The Morgan fingerprint density at radius 3 is 2.56 bits per heavy atom. The maximum absolute atomic E-state index is 12.4. The fourth-order valence-electron chi connectivity index (χ4n) is 2.23. The van der Waals surface area contributed by atoms with E-state index >= 15 is 0 Å². The lowest BCUT2D eigenvalue weighted by molar-refractivity contribution is 0.103. The molecule has 0 saturated carbocycles. The third kappa shape index (κ3) is 4.54. The largest absolute Gasteiger partial charge is 0.489 e. The molecule has 0 bridgehead atoms. The Morgan fingerprint density at radius 2 is 1.84 bits per heavy atom. The van der Waals surface area contributed by atoms with Crippen LogP contribution in [0.5, 0.6) is 5.75 Å². The van der Waals surface area contributed by atoms with Crippen molar-refractivity contribution in [3.63, 3.8) is 0 Å². The lowest BCUT2D eigenvalue weighted by atomic mass is 10.2. The summed E-state index contributed by atoms with van der Waals surface area (Å²) in [7, 11) is 0. The van der Waals surface area contributed by atoms with Crippen molar-refractivity contribution in [3.05, 3.63) is 80.0 Å². The summed E-state index contributed by atoms with van der Waals surface area (Å²) in [5.41, 5.74) is 2.49. The van der Waals surface area contributed by atoms with Crippen molar-refractivity contribution in [3.8, 4) is 5.75 Å². The zero-order valence-corrected chi connectivity index (χ0v) is 15.7. The van der Waals surface area contributed by atoms with Gasteiger partial charge in [0.15, 0.2) is 0 Å². The zero-order valence-electron chi connectivity index (χ0n) is 13.4. The van der Waals surface area contributed by atoms with Gasteiger partial charge in [0.05, 0.1) is 20.6 Å². The molecule has 0 aliphatic carbocycles. The standard InChI is InChI=1S/C19H15Cl2NO2S/c1-12-4-2-5-14(8-12)24-10-13-9-17(25-11-13)19(23)22-18-15(20)6-3-7-16(18)21/h2-9,11H,10H2,1H3,(H,22,23). The molecule has 2 aromatic carbocycles. The van der Waals surface area contributed by atoms with Crippen molar-refractivity contribution >= 4 is 46.1 Å². The number of carbonyl (C=O) groups is 1. The fourth-order valence-corrected chi connectivity index (χ4v) is 3.52. The molecular weight excluding hydrogens is 377 g/mol. The van der Waals surface area contributed by atoms with Gasteiger partial charge in [-0.1, -0.05) is 41.4 Å². The van der Waals surface area contributed by atoms with Gasteiger partial charge in [0.1, 0.15) is 12.4 Å². The second-order valence-corrected chi connectivity index (χ2v) is 7.20. The van der Waals surface area contributed by atoms with E-state index in [4.69, 9.17) is 27.9 Å². The molecule has 0 aliphatic rings. The summed E-state index contributed by atoms with van der Waals surface area (Å²) >= 11 is 13.5. The van der Waals surface area contributed by atoms with Gasteiger partial charge in [0, 0.05) is 5.56 Å². The van der Waals surface area contributed by atoms with Crippen LogP contribution in [0.4, 0.5) is 5.69 Å². The minimum atomic E-state index is -0.248. The third-order valence-corrected chi connectivity index (χ3v) is 5.08. The van der Waals surface area contributed by atoms with Gasteiger partial charge in [0.25, 0.3) is 5.91 Å². The van der Waals surface area contributed by atoms with Crippen LogP contribution in [0.2, 0.25) is 10.0 Å². The van der Waals surface area contributed by atoms with E-state index in [1.807, 2.05) is 36.6 Å². The lowest BCUT2D eigenvalue weighted by Gasteiger charge is -2.07. The van der Waals surface area contributed by atoms with Crippen LogP contribution in [-0.2, 0) is 6.61 Å². The van der Waals surface area contributed by atoms with Crippen molar-refractivity contribution in [1.29, 1.82) is 0 Å². The summed E-state index contributed by atoms with van der Waals surface area (Å²) in [6.45, 7) is 2.42. The van der Waals surface area contributed by atoms with E-state index in [-0.39, 0.29) is 5.91 Å². The van der Waals surface area contributed by atoms with Crippen LogP contribution in [0.25, 0.3) is 0 Å². The molecule has 1 N–H and O–H groups in total. The third-order valence-electron chi connectivity index (χ3n) is 3.47. The first kappa shape index (κ1) is 17.8. The molecule has 25 heavy (non-hydrogen) atoms. The first-order valence-corrected chi connectivity index (χ1v) is 9.19.